The zero-order valence-corrected chi connectivity index (χ0v) is 12.5. The second-order valence-corrected chi connectivity index (χ2v) is 5.40. The minimum atomic E-state index is -0.568. The Hall–Kier alpha value is -1.64. The number of aliphatic hydroxyl groups is 1. The maximum Gasteiger partial charge on any atom is 0.104 e. The van der Waals surface area contributed by atoms with Gasteiger partial charge in [-0.1, -0.05) is 36.4 Å². The lowest BCUT2D eigenvalue weighted by Gasteiger charge is -2.17. The molecule has 0 aliphatic carbocycles. The number of hydrogen-bond donors (Lipinski definition) is 2. The average Bonchev–Trinajstić information content (AvgIpc) is 2.45. The summed E-state index contributed by atoms with van der Waals surface area (Å²) < 4.78 is 0. The summed E-state index contributed by atoms with van der Waals surface area (Å²) in [7, 11) is 0. The summed E-state index contributed by atoms with van der Waals surface area (Å²) in [5.74, 6) is 0. The highest BCUT2D eigenvalue weighted by molar-refractivity contribution is 5.43. The van der Waals surface area contributed by atoms with E-state index in [-0.39, 0.29) is 0 Å². The summed E-state index contributed by atoms with van der Waals surface area (Å²) in [4.78, 5) is 0. The molecule has 0 radical (unpaired) electrons. The second-order valence-electron chi connectivity index (χ2n) is 5.40. The van der Waals surface area contributed by atoms with Crippen LogP contribution >= 0.6 is 0 Å². The lowest BCUT2D eigenvalue weighted by molar-refractivity contribution is 0.219. The van der Waals surface area contributed by atoms with Crippen LogP contribution in [0.4, 0.5) is 0 Å². The molecule has 1 atom stereocenters. The second kappa shape index (κ2) is 6.21. The Morgan fingerprint density at radius 3 is 2.20 bits per heavy atom. The lowest BCUT2D eigenvalue weighted by Crippen LogP contribution is -2.05. The van der Waals surface area contributed by atoms with Crippen LogP contribution in [-0.4, -0.2) is 11.7 Å². The number of aliphatic hydroxyl groups excluding tert-OH is 1. The fraction of sp³-hybridized carbons (Fsp3) is 0.333. The Kier molecular flexibility index (Phi) is 4.58. The average molecular weight is 269 g/mol. The normalized spacial score (nSPS) is 12.4. The monoisotopic (exact) mass is 269 g/mol. The van der Waals surface area contributed by atoms with E-state index in [9.17, 15) is 5.11 Å². The molecule has 0 aliphatic heterocycles. The predicted molar refractivity (Wildman–Crippen MR) is 83.9 cm³/mol. The summed E-state index contributed by atoms with van der Waals surface area (Å²) in [5.41, 5.74) is 12.4. The number of rotatable bonds is 4. The van der Waals surface area contributed by atoms with Crippen molar-refractivity contribution in [3.8, 4) is 0 Å². The maximum atomic E-state index is 10.6. The smallest absolute Gasteiger partial charge is 0.104 e. The van der Waals surface area contributed by atoms with E-state index in [2.05, 4.69) is 26.8 Å². The van der Waals surface area contributed by atoms with Gasteiger partial charge in [0.15, 0.2) is 0 Å². The minimum absolute atomic E-state index is 0.568. The van der Waals surface area contributed by atoms with Crippen molar-refractivity contribution in [2.24, 2.45) is 5.73 Å². The molecular weight excluding hydrogens is 246 g/mol. The zero-order valence-electron chi connectivity index (χ0n) is 12.5. The van der Waals surface area contributed by atoms with E-state index in [0.717, 1.165) is 17.5 Å². The molecule has 2 rings (SSSR count). The number of nitrogens with two attached hydrogens (primary N) is 1. The molecule has 1 unspecified atom stereocenters. The van der Waals surface area contributed by atoms with Gasteiger partial charge in [0.1, 0.15) is 6.10 Å². The maximum absolute atomic E-state index is 10.6. The first-order valence-electron chi connectivity index (χ1n) is 7.08. The SMILES string of the molecule is Cc1ccc(C(O)c2ccc(CCN)cc2)c(C)c1C. The van der Waals surface area contributed by atoms with Crippen LogP contribution in [0, 0.1) is 20.8 Å². The summed E-state index contributed by atoms with van der Waals surface area (Å²) in [6.45, 7) is 6.92. The predicted octanol–water partition coefficient (Wildman–Crippen LogP) is 3.19. The summed E-state index contributed by atoms with van der Waals surface area (Å²) >= 11 is 0. The highest BCUT2D eigenvalue weighted by Gasteiger charge is 2.14. The highest BCUT2D eigenvalue weighted by Crippen LogP contribution is 2.28. The lowest BCUT2D eigenvalue weighted by atomic mass is 9.92. The Balaban J connectivity index is 2.31. The molecule has 2 heteroatoms. The molecule has 106 valence electrons. The fourth-order valence-electron chi connectivity index (χ4n) is 2.49. The van der Waals surface area contributed by atoms with Gasteiger partial charge in [-0.3, -0.25) is 0 Å². The van der Waals surface area contributed by atoms with E-state index < -0.39 is 6.10 Å². The van der Waals surface area contributed by atoms with Gasteiger partial charge >= 0.3 is 0 Å². The molecule has 20 heavy (non-hydrogen) atoms. The number of aryl methyl sites for hydroxylation is 1. The molecule has 2 nitrogen and oxygen atoms in total. The van der Waals surface area contributed by atoms with Crippen LogP contribution in [0.1, 0.15) is 39.5 Å². The first-order chi connectivity index (χ1) is 9.54. The van der Waals surface area contributed by atoms with Crippen LogP contribution in [0.3, 0.4) is 0 Å². The highest BCUT2D eigenvalue weighted by atomic mass is 16.3. The summed E-state index contributed by atoms with van der Waals surface area (Å²) in [6, 6.07) is 12.2. The molecule has 0 aromatic heterocycles. The molecule has 0 spiro atoms. The molecule has 0 heterocycles. The third-order valence-electron chi connectivity index (χ3n) is 4.12. The first kappa shape index (κ1) is 14.8. The standard InChI is InChI=1S/C18H23NO/c1-12-4-9-17(14(3)13(12)2)18(20)16-7-5-15(6-8-16)10-11-19/h4-9,18,20H,10-11,19H2,1-3H3. The van der Waals surface area contributed by atoms with E-state index in [1.165, 1.54) is 22.3 Å². The number of hydrogen-bond acceptors (Lipinski definition) is 2. The van der Waals surface area contributed by atoms with Crippen LogP contribution in [0.5, 0.6) is 0 Å². The third kappa shape index (κ3) is 2.92. The van der Waals surface area contributed by atoms with Gasteiger partial charge in [-0.15, -0.1) is 0 Å². The van der Waals surface area contributed by atoms with Gasteiger partial charge in [0.25, 0.3) is 0 Å². The van der Waals surface area contributed by atoms with Gasteiger partial charge in [-0.25, -0.2) is 0 Å². The molecule has 3 N–H and O–H groups in total. The van der Waals surface area contributed by atoms with Crippen molar-refractivity contribution >= 4 is 0 Å². The zero-order chi connectivity index (χ0) is 14.7. The molecule has 0 saturated carbocycles. The van der Waals surface area contributed by atoms with Crippen molar-refractivity contribution in [1.82, 2.24) is 0 Å². The van der Waals surface area contributed by atoms with Crippen molar-refractivity contribution in [3.63, 3.8) is 0 Å². The summed E-state index contributed by atoms with van der Waals surface area (Å²) in [6.07, 6.45) is 0.306. The molecule has 0 aliphatic rings. The Labute approximate surface area is 121 Å². The molecule has 0 amide bonds. The molecule has 0 bridgehead atoms. The first-order valence-corrected chi connectivity index (χ1v) is 7.08. The molecular formula is C18H23NO. The molecule has 2 aromatic rings. The Morgan fingerprint density at radius 2 is 1.60 bits per heavy atom. The largest absolute Gasteiger partial charge is 0.384 e. The van der Waals surface area contributed by atoms with E-state index in [4.69, 9.17) is 5.73 Å². The van der Waals surface area contributed by atoms with E-state index >= 15 is 0 Å². The fourth-order valence-corrected chi connectivity index (χ4v) is 2.49. The van der Waals surface area contributed by atoms with Crippen molar-refractivity contribution in [2.75, 3.05) is 6.54 Å². The minimum Gasteiger partial charge on any atom is -0.384 e. The Bertz CT molecular complexity index is 587. The van der Waals surface area contributed by atoms with Gasteiger partial charge in [0.2, 0.25) is 0 Å². The van der Waals surface area contributed by atoms with E-state index in [0.29, 0.717) is 6.54 Å². The van der Waals surface area contributed by atoms with E-state index in [1.807, 2.05) is 30.3 Å². The Morgan fingerprint density at radius 1 is 0.950 bits per heavy atom. The topological polar surface area (TPSA) is 46.2 Å². The van der Waals surface area contributed by atoms with E-state index in [1.54, 1.807) is 0 Å². The quantitative estimate of drug-likeness (QED) is 0.895. The van der Waals surface area contributed by atoms with Crippen molar-refractivity contribution in [3.05, 3.63) is 69.8 Å². The van der Waals surface area contributed by atoms with Crippen LogP contribution in [0.15, 0.2) is 36.4 Å². The van der Waals surface area contributed by atoms with Gasteiger partial charge in [-0.05, 0) is 67.1 Å². The van der Waals surface area contributed by atoms with Crippen molar-refractivity contribution in [1.29, 1.82) is 0 Å². The van der Waals surface area contributed by atoms with Crippen molar-refractivity contribution in [2.45, 2.75) is 33.3 Å². The summed E-state index contributed by atoms with van der Waals surface area (Å²) in [5, 5.41) is 10.6. The molecule has 0 fully saturated rings. The van der Waals surface area contributed by atoms with Crippen LogP contribution in [0.25, 0.3) is 0 Å². The van der Waals surface area contributed by atoms with Crippen LogP contribution in [-0.2, 0) is 6.42 Å². The van der Waals surface area contributed by atoms with Crippen molar-refractivity contribution < 1.29 is 5.11 Å². The van der Waals surface area contributed by atoms with Gasteiger partial charge in [0.05, 0.1) is 0 Å². The number of benzene rings is 2. The third-order valence-corrected chi connectivity index (χ3v) is 4.12. The van der Waals surface area contributed by atoms with Crippen LogP contribution in [0.2, 0.25) is 0 Å². The van der Waals surface area contributed by atoms with Crippen LogP contribution < -0.4 is 5.73 Å². The van der Waals surface area contributed by atoms with Gasteiger partial charge in [-0.2, -0.15) is 0 Å². The van der Waals surface area contributed by atoms with Gasteiger partial charge in [0, 0.05) is 0 Å². The molecule has 0 saturated heterocycles. The molecule has 2 aromatic carbocycles. The van der Waals surface area contributed by atoms with Gasteiger partial charge < -0.3 is 10.8 Å².